The van der Waals surface area contributed by atoms with Crippen LogP contribution in [-0.4, -0.2) is 94.3 Å². The van der Waals surface area contributed by atoms with Crippen LogP contribution < -0.4 is 33.2 Å². The molecule has 0 heterocycles. The number of carbonyl (C=O) groups excluding carboxylic acids is 3. The van der Waals surface area contributed by atoms with Gasteiger partial charge >= 0.3 is 5.97 Å². The van der Waals surface area contributed by atoms with Crippen LogP contribution in [0.4, 0.5) is 0 Å². The van der Waals surface area contributed by atoms with Gasteiger partial charge in [0.2, 0.25) is 17.7 Å². The summed E-state index contributed by atoms with van der Waals surface area (Å²) in [6.07, 6.45) is 2.62. The van der Waals surface area contributed by atoms with E-state index in [2.05, 4.69) is 20.9 Å². The number of aliphatic imine (C=N–C) groups is 1. The van der Waals surface area contributed by atoms with Gasteiger partial charge in [-0.25, -0.2) is 4.79 Å². The van der Waals surface area contributed by atoms with Crippen molar-refractivity contribution < 1.29 is 34.5 Å². The molecule has 38 heavy (non-hydrogen) atoms. The first-order valence-corrected chi connectivity index (χ1v) is 13.2. The number of nitrogens with zero attached hydrogens (tertiary/aromatic N) is 1. The Morgan fingerprint density at radius 3 is 2.08 bits per heavy atom. The van der Waals surface area contributed by atoms with Crippen LogP contribution >= 0.6 is 11.8 Å². The third-order valence-electron chi connectivity index (χ3n) is 5.35. The molecule has 0 fully saturated rings. The lowest BCUT2D eigenvalue weighted by atomic mass is 10.0. The minimum atomic E-state index is -1.59. The molecule has 0 aromatic heterocycles. The number of rotatable bonds is 17. The van der Waals surface area contributed by atoms with E-state index in [0.717, 1.165) is 0 Å². The van der Waals surface area contributed by atoms with Crippen molar-refractivity contribution in [3.8, 4) is 5.75 Å². The number of guanidine groups is 1. The maximum atomic E-state index is 13.3. The Balaban J connectivity index is 3.12. The number of carbonyl (C=O) groups is 4. The van der Waals surface area contributed by atoms with Gasteiger partial charge in [-0.3, -0.25) is 19.4 Å². The first-order chi connectivity index (χ1) is 18.0. The van der Waals surface area contributed by atoms with Crippen LogP contribution in [0.5, 0.6) is 5.75 Å². The molecule has 14 nitrogen and oxygen atoms in total. The zero-order valence-corrected chi connectivity index (χ0v) is 21.9. The third kappa shape index (κ3) is 12.1. The van der Waals surface area contributed by atoms with E-state index >= 15 is 0 Å². The molecule has 4 unspecified atom stereocenters. The molecule has 1 rings (SSSR count). The fourth-order valence-electron chi connectivity index (χ4n) is 3.23. The number of thioether (sulfide) groups is 1. The van der Waals surface area contributed by atoms with E-state index in [1.54, 1.807) is 0 Å². The molecule has 15 heteroatoms. The Bertz CT molecular complexity index is 958. The van der Waals surface area contributed by atoms with E-state index in [0.29, 0.717) is 24.2 Å². The topological polar surface area (TPSA) is 255 Å². The van der Waals surface area contributed by atoms with Gasteiger partial charge in [0.05, 0.1) is 12.6 Å². The van der Waals surface area contributed by atoms with E-state index in [4.69, 9.17) is 17.2 Å². The standard InChI is InChI=1S/C23H37N7O7S/c1-38-10-8-15(24)19(33)28-16(3-2-9-27-23(25)26)20(34)29-17(11-13-4-6-14(32)7-5-13)21(35)30-18(12-31)22(36)37/h4-7,15-18,31-32H,2-3,8-12,24H2,1H3,(H,28,33)(H,29,34)(H,30,35)(H,36,37)(H4,25,26,27). The number of carboxylic acids is 1. The Labute approximate surface area is 224 Å². The molecule has 12 N–H and O–H groups in total. The molecular weight excluding hydrogens is 518 g/mol. The molecular formula is C23H37N7O7S. The van der Waals surface area contributed by atoms with Gasteiger partial charge in [-0.05, 0) is 49.0 Å². The summed E-state index contributed by atoms with van der Waals surface area (Å²) in [6, 6.07) is 1.02. The molecule has 0 aliphatic rings. The van der Waals surface area contributed by atoms with E-state index in [9.17, 15) is 34.5 Å². The number of aliphatic carboxylic acids is 1. The minimum Gasteiger partial charge on any atom is -0.508 e. The molecule has 0 bridgehead atoms. The maximum Gasteiger partial charge on any atom is 0.328 e. The fraction of sp³-hybridized carbons (Fsp3) is 0.522. The van der Waals surface area contributed by atoms with E-state index < -0.39 is 54.5 Å². The quantitative estimate of drug-likeness (QED) is 0.0556. The number of hydrogen-bond acceptors (Lipinski definition) is 9. The van der Waals surface area contributed by atoms with Crippen LogP contribution in [0.15, 0.2) is 29.3 Å². The second-order valence-electron chi connectivity index (χ2n) is 8.41. The van der Waals surface area contributed by atoms with Gasteiger partial charge < -0.3 is 48.5 Å². The Morgan fingerprint density at radius 2 is 1.53 bits per heavy atom. The molecule has 0 aliphatic heterocycles. The van der Waals surface area contributed by atoms with Crippen molar-refractivity contribution in [2.24, 2.45) is 22.2 Å². The van der Waals surface area contributed by atoms with E-state index in [1.165, 1.54) is 36.0 Å². The number of carboxylic acid groups (broad SMARTS) is 1. The first-order valence-electron chi connectivity index (χ1n) is 11.8. The molecule has 0 spiro atoms. The van der Waals surface area contributed by atoms with Crippen molar-refractivity contribution in [1.82, 2.24) is 16.0 Å². The van der Waals surface area contributed by atoms with Gasteiger partial charge in [-0.1, -0.05) is 12.1 Å². The number of aliphatic hydroxyl groups excluding tert-OH is 1. The second kappa shape index (κ2) is 17.0. The van der Waals surface area contributed by atoms with Gasteiger partial charge in [0.15, 0.2) is 5.96 Å². The van der Waals surface area contributed by atoms with Gasteiger partial charge in [0.1, 0.15) is 23.9 Å². The highest BCUT2D eigenvalue weighted by Crippen LogP contribution is 2.12. The Hall–Kier alpha value is -3.56. The van der Waals surface area contributed by atoms with Gasteiger partial charge in [0.25, 0.3) is 0 Å². The summed E-state index contributed by atoms with van der Waals surface area (Å²) in [5.74, 6) is -3.08. The van der Waals surface area contributed by atoms with Crippen LogP contribution in [0, 0.1) is 0 Å². The average molecular weight is 556 g/mol. The van der Waals surface area contributed by atoms with Crippen molar-refractivity contribution >= 4 is 41.4 Å². The van der Waals surface area contributed by atoms with Crippen molar-refractivity contribution in [2.75, 3.05) is 25.2 Å². The molecule has 0 radical (unpaired) electrons. The average Bonchev–Trinajstić information content (AvgIpc) is 2.87. The maximum absolute atomic E-state index is 13.3. The van der Waals surface area contributed by atoms with Crippen molar-refractivity contribution in [3.05, 3.63) is 29.8 Å². The monoisotopic (exact) mass is 555 g/mol. The van der Waals surface area contributed by atoms with Crippen LogP contribution in [0.2, 0.25) is 0 Å². The van der Waals surface area contributed by atoms with Gasteiger partial charge in [-0.2, -0.15) is 11.8 Å². The highest BCUT2D eigenvalue weighted by molar-refractivity contribution is 7.98. The van der Waals surface area contributed by atoms with E-state index in [1.807, 2.05) is 6.26 Å². The number of hydrogen-bond donors (Lipinski definition) is 9. The molecule has 0 saturated heterocycles. The van der Waals surface area contributed by atoms with Gasteiger partial charge in [0, 0.05) is 13.0 Å². The summed E-state index contributed by atoms with van der Waals surface area (Å²) >= 11 is 1.52. The lowest BCUT2D eigenvalue weighted by molar-refractivity contribution is -0.143. The summed E-state index contributed by atoms with van der Waals surface area (Å²) in [7, 11) is 0. The first kappa shape index (κ1) is 32.5. The van der Waals surface area contributed by atoms with Crippen LogP contribution in [0.3, 0.4) is 0 Å². The number of nitrogens with one attached hydrogen (secondary N) is 3. The van der Waals surface area contributed by atoms with E-state index in [-0.39, 0.29) is 31.1 Å². The normalized spacial score (nSPS) is 13.9. The zero-order valence-electron chi connectivity index (χ0n) is 21.1. The Morgan fingerprint density at radius 1 is 0.947 bits per heavy atom. The van der Waals surface area contributed by atoms with Crippen LogP contribution in [0.25, 0.3) is 0 Å². The second-order valence-corrected chi connectivity index (χ2v) is 9.40. The highest BCUT2D eigenvalue weighted by atomic mass is 32.2. The summed E-state index contributed by atoms with van der Waals surface area (Å²) < 4.78 is 0. The number of aliphatic hydroxyl groups is 1. The SMILES string of the molecule is CSCCC(N)C(=O)NC(CCCN=C(N)N)C(=O)NC(Cc1ccc(O)cc1)C(=O)NC(CO)C(=O)O. The predicted molar refractivity (Wildman–Crippen MR) is 143 cm³/mol. The lowest BCUT2D eigenvalue weighted by Crippen LogP contribution is -2.58. The van der Waals surface area contributed by atoms with Crippen molar-refractivity contribution in [1.29, 1.82) is 0 Å². The number of aromatic hydroxyl groups is 1. The summed E-state index contributed by atoms with van der Waals surface area (Å²) in [5, 5.41) is 35.3. The molecule has 212 valence electrons. The number of amides is 3. The molecule has 4 atom stereocenters. The number of phenols is 1. The van der Waals surface area contributed by atoms with Crippen molar-refractivity contribution in [2.45, 2.75) is 49.9 Å². The van der Waals surface area contributed by atoms with Crippen LogP contribution in [0.1, 0.15) is 24.8 Å². The zero-order chi connectivity index (χ0) is 28.7. The number of phenolic OH excluding ortho intramolecular Hbond substituents is 1. The summed E-state index contributed by atoms with van der Waals surface area (Å²) in [5.41, 5.74) is 17.1. The lowest BCUT2D eigenvalue weighted by Gasteiger charge is -2.25. The molecule has 0 saturated carbocycles. The summed E-state index contributed by atoms with van der Waals surface area (Å²) in [4.78, 5) is 53.9. The third-order valence-corrected chi connectivity index (χ3v) is 6.00. The van der Waals surface area contributed by atoms with Crippen molar-refractivity contribution in [3.63, 3.8) is 0 Å². The molecule has 3 amide bonds. The van der Waals surface area contributed by atoms with Gasteiger partial charge in [-0.15, -0.1) is 0 Å². The fourth-order valence-corrected chi connectivity index (χ4v) is 3.72. The number of benzene rings is 1. The molecule has 0 aliphatic carbocycles. The van der Waals surface area contributed by atoms with Crippen LogP contribution in [-0.2, 0) is 25.6 Å². The molecule has 1 aromatic rings. The number of nitrogens with two attached hydrogens (primary N) is 3. The smallest absolute Gasteiger partial charge is 0.328 e. The largest absolute Gasteiger partial charge is 0.508 e. The summed E-state index contributed by atoms with van der Waals surface area (Å²) in [6.45, 7) is -0.674. The highest BCUT2D eigenvalue weighted by Gasteiger charge is 2.30. The minimum absolute atomic E-state index is 0.00799. The Kier molecular flexibility index (Phi) is 14.6. The molecule has 1 aromatic carbocycles. The predicted octanol–water partition coefficient (Wildman–Crippen LogP) is -2.40.